The van der Waals surface area contributed by atoms with Gasteiger partial charge in [0.15, 0.2) is 0 Å². The highest BCUT2D eigenvalue weighted by Crippen LogP contribution is 2.11. The molecule has 6 heteroatoms. The lowest BCUT2D eigenvalue weighted by molar-refractivity contribution is -0.131. The summed E-state index contributed by atoms with van der Waals surface area (Å²) in [6.07, 6.45) is 3.27. The van der Waals surface area contributed by atoms with Gasteiger partial charge in [-0.15, -0.1) is 0 Å². The van der Waals surface area contributed by atoms with Crippen LogP contribution in [0.4, 0.5) is 4.39 Å². The van der Waals surface area contributed by atoms with Crippen LogP contribution in [0, 0.1) is 5.82 Å². The van der Waals surface area contributed by atoms with Crippen LogP contribution in [0.15, 0.2) is 18.2 Å². The number of piperidine rings is 1. The van der Waals surface area contributed by atoms with Crippen molar-refractivity contribution in [3.05, 3.63) is 35.1 Å². The van der Waals surface area contributed by atoms with Gasteiger partial charge >= 0.3 is 5.97 Å². The molecule has 0 spiro atoms. The molecule has 1 aliphatic rings. The smallest absolute Gasteiger partial charge is 0.338 e. The van der Waals surface area contributed by atoms with E-state index in [1.54, 1.807) is 6.07 Å². The van der Waals surface area contributed by atoms with Crippen LogP contribution in [0.1, 0.15) is 35.2 Å². The standard InChI is InChI=1S/C15H19FN2O3/c16-13-8-11(4-5-12(13)15(20)21)9-17-10-14(19)18-6-2-1-3-7-18/h4-5,8,17H,1-3,6-7,9-10H2,(H,20,21). The molecule has 1 aromatic rings. The lowest BCUT2D eigenvalue weighted by Gasteiger charge is -2.26. The van der Waals surface area contributed by atoms with E-state index in [1.165, 1.54) is 18.6 Å². The number of benzene rings is 1. The first kappa shape index (κ1) is 15.4. The van der Waals surface area contributed by atoms with E-state index < -0.39 is 11.8 Å². The molecule has 0 aliphatic carbocycles. The topological polar surface area (TPSA) is 69.6 Å². The Morgan fingerprint density at radius 1 is 1.24 bits per heavy atom. The van der Waals surface area contributed by atoms with E-state index in [9.17, 15) is 14.0 Å². The molecule has 0 bridgehead atoms. The number of hydrogen-bond acceptors (Lipinski definition) is 3. The summed E-state index contributed by atoms with van der Waals surface area (Å²) >= 11 is 0. The third-order valence-corrected chi connectivity index (χ3v) is 3.58. The average molecular weight is 294 g/mol. The SMILES string of the molecule is O=C(O)c1ccc(CNCC(=O)N2CCCCC2)cc1F. The fourth-order valence-corrected chi connectivity index (χ4v) is 2.41. The van der Waals surface area contributed by atoms with E-state index in [-0.39, 0.29) is 18.0 Å². The molecule has 0 atom stereocenters. The minimum absolute atomic E-state index is 0.0531. The van der Waals surface area contributed by atoms with E-state index in [1.807, 2.05) is 4.90 Å². The van der Waals surface area contributed by atoms with Gasteiger partial charge in [-0.3, -0.25) is 4.79 Å². The van der Waals surface area contributed by atoms with Gasteiger partial charge in [-0.05, 0) is 37.0 Å². The summed E-state index contributed by atoms with van der Waals surface area (Å²) in [6.45, 7) is 2.16. The summed E-state index contributed by atoms with van der Waals surface area (Å²) in [5, 5.41) is 11.7. The molecule has 0 unspecified atom stereocenters. The Balaban J connectivity index is 1.81. The fourth-order valence-electron chi connectivity index (χ4n) is 2.41. The number of carbonyl (C=O) groups excluding carboxylic acids is 1. The van der Waals surface area contributed by atoms with Crippen LogP contribution in [-0.4, -0.2) is 41.5 Å². The summed E-state index contributed by atoms with van der Waals surface area (Å²) in [5.74, 6) is -1.99. The molecular formula is C15H19FN2O3. The van der Waals surface area contributed by atoms with Gasteiger partial charge in [-0.25, -0.2) is 9.18 Å². The quantitative estimate of drug-likeness (QED) is 0.866. The highest BCUT2D eigenvalue weighted by molar-refractivity contribution is 5.87. The minimum Gasteiger partial charge on any atom is -0.478 e. The molecule has 1 amide bonds. The fraction of sp³-hybridized carbons (Fsp3) is 0.467. The van der Waals surface area contributed by atoms with Crippen LogP contribution in [-0.2, 0) is 11.3 Å². The van der Waals surface area contributed by atoms with Crippen LogP contribution < -0.4 is 5.32 Å². The average Bonchev–Trinajstić information content (AvgIpc) is 2.47. The number of hydrogen-bond donors (Lipinski definition) is 2. The minimum atomic E-state index is -1.28. The number of nitrogens with one attached hydrogen (secondary N) is 1. The summed E-state index contributed by atoms with van der Waals surface area (Å²) in [5.41, 5.74) is 0.270. The van der Waals surface area contributed by atoms with Gasteiger partial charge in [0.2, 0.25) is 5.91 Å². The Labute approximate surface area is 122 Å². The molecule has 1 heterocycles. The molecule has 1 saturated heterocycles. The van der Waals surface area contributed by atoms with Gasteiger partial charge in [0.05, 0.1) is 12.1 Å². The van der Waals surface area contributed by atoms with E-state index in [0.717, 1.165) is 25.9 Å². The maximum absolute atomic E-state index is 13.5. The van der Waals surface area contributed by atoms with Gasteiger partial charge < -0.3 is 15.3 Å². The lowest BCUT2D eigenvalue weighted by Crippen LogP contribution is -2.40. The molecular weight excluding hydrogens is 275 g/mol. The molecule has 1 fully saturated rings. The molecule has 2 rings (SSSR count). The first-order valence-electron chi connectivity index (χ1n) is 7.08. The van der Waals surface area contributed by atoms with Crippen LogP contribution in [0.25, 0.3) is 0 Å². The normalized spacial score (nSPS) is 15.0. The molecule has 1 aliphatic heterocycles. The summed E-state index contributed by atoms with van der Waals surface area (Å²) in [4.78, 5) is 24.5. The second kappa shape index (κ2) is 7.17. The Hall–Kier alpha value is -1.95. The third-order valence-electron chi connectivity index (χ3n) is 3.58. The molecule has 5 nitrogen and oxygen atoms in total. The number of carboxylic acid groups (broad SMARTS) is 1. The number of rotatable bonds is 5. The van der Waals surface area contributed by atoms with E-state index >= 15 is 0 Å². The zero-order valence-corrected chi connectivity index (χ0v) is 11.8. The summed E-state index contributed by atoms with van der Waals surface area (Å²) < 4.78 is 13.5. The monoisotopic (exact) mass is 294 g/mol. The van der Waals surface area contributed by atoms with Gasteiger partial charge in [0.1, 0.15) is 5.82 Å². The highest BCUT2D eigenvalue weighted by atomic mass is 19.1. The number of likely N-dealkylation sites (tertiary alicyclic amines) is 1. The summed E-state index contributed by atoms with van der Waals surface area (Å²) in [6, 6.07) is 3.97. The second-order valence-electron chi connectivity index (χ2n) is 5.16. The number of aromatic carboxylic acids is 1. The Bertz CT molecular complexity index is 528. The molecule has 114 valence electrons. The van der Waals surface area contributed by atoms with Crippen LogP contribution in [0.5, 0.6) is 0 Å². The van der Waals surface area contributed by atoms with Crippen molar-refractivity contribution in [2.24, 2.45) is 0 Å². The predicted molar refractivity (Wildman–Crippen MR) is 75.5 cm³/mol. The number of nitrogens with zero attached hydrogens (tertiary/aromatic N) is 1. The van der Waals surface area contributed by atoms with Crippen molar-refractivity contribution in [3.8, 4) is 0 Å². The number of carbonyl (C=O) groups is 2. The van der Waals surface area contributed by atoms with Crippen LogP contribution in [0.3, 0.4) is 0 Å². The lowest BCUT2D eigenvalue weighted by atomic mass is 10.1. The van der Waals surface area contributed by atoms with Crippen molar-refractivity contribution in [2.45, 2.75) is 25.8 Å². The van der Waals surface area contributed by atoms with Crippen molar-refractivity contribution in [1.82, 2.24) is 10.2 Å². The maximum Gasteiger partial charge on any atom is 0.338 e. The first-order valence-corrected chi connectivity index (χ1v) is 7.08. The number of halogens is 1. The molecule has 0 saturated carbocycles. The molecule has 1 aromatic carbocycles. The predicted octanol–water partition coefficient (Wildman–Crippen LogP) is 1.63. The second-order valence-corrected chi connectivity index (χ2v) is 5.16. The summed E-state index contributed by atoms with van der Waals surface area (Å²) in [7, 11) is 0. The van der Waals surface area contributed by atoms with Gasteiger partial charge in [-0.1, -0.05) is 6.07 Å². The number of amides is 1. The molecule has 0 radical (unpaired) electrons. The molecule has 0 aromatic heterocycles. The van der Waals surface area contributed by atoms with Gasteiger partial charge in [-0.2, -0.15) is 0 Å². The highest BCUT2D eigenvalue weighted by Gasteiger charge is 2.16. The van der Waals surface area contributed by atoms with Gasteiger partial charge in [0, 0.05) is 19.6 Å². The van der Waals surface area contributed by atoms with E-state index in [4.69, 9.17) is 5.11 Å². The van der Waals surface area contributed by atoms with Crippen molar-refractivity contribution in [2.75, 3.05) is 19.6 Å². The first-order chi connectivity index (χ1) is 10.1. The van der Waals surface area contributed by atoms with E-state index in [0.29, 0.717) is 12.1 Å². The van der Waals surface area contributed by atoms with Crippen molar-refractivity contribution in [1.29, 1.82) is 0 Å². The van der Waals surface area contributed by atoms with Crippen molar-refractivity contribution in [3.63, 3.8) is 0 Å². The van der Waals surface area contributed by atoms with Crippen LogP contribution >= 0.6 is 0 Å². The van der Waals surface area contributed by atoms with Crippen molar-refractivity contribution >= 4 is 11.9 Å². The van der Waals surface area contributed by atoms with Gasteiger partial charge in [0.25, 0.3) is 0 Å². The molecule has 2 N–H and O–H groups in total. The Morgan fingerprint density at radius 3 is 2.57 bits per heavy atom. The third kappa shape index (κ3) is 4.26. The van der Waals surface area contributed by atoms with Crippen molar-refractivity contribution < 1.29 is 19.1 Å². The largest absolute Gasteiger partial charge is 0.478 e. The maximum atomic E-state index is 13.5. The zero-order valence-electron chi connectivity index (χ0n) is 11.8. The number of carboxylic acids is 1. The molecule has 21 heavy (non-hydrogen) atoms. The van der Waals surface area contributed by atoms with E-state index in [2.05, 4.69) is 5.32 Å². The Morgan fingerprint density at radius 2 is 1.95 bits per heavy atom. The zero-order chi connectivity index (χ0) is 15.2. The van der Waals surface area contributed by atoms with Crippen LogP contribution in [0.2, 0.25) is 0 Å². The Kier molecular flexibility index (Phi) is 5.27.